The molecule has 0 saturated carbocycles. The minimum Gasteiger partial charge on any atom is -0.390 e. The Bertz CT molecular complexity index is 866. The molecule has 1 aromatic heterocycles. The lowest BCUT2D eigenvalue weighted by atomic mass is 10.0. The predicted octanol–water partition coefficient (Wildman–Crippen LogP) is 0.601. The number of halogens is 3. The highest BCUT2D eigenvalue weighted by atomic mass is 19.4. The van der Waals surface area contributed by atoms with E-state index in [1.54, 1.807) is 0 Å². The van der Waals surface area contributed by atoms with Gasteiger partial charge in [-0.2, -0.15) is 13.2 Å². The van der Waals surface area contributed by atoms with Gasteiger partial charge in [-0.15, -0.1) is 0 Å². The van der Waals surface area contributed by atoms with Crippen LogP contribution >= 0.6 is 0 Å². The van der Waals surface area contributed by atoms with Crippen molar-refractivity contribution >= 4 is 17.6 Å². The Kier molecular flexibility index (Phi) is 15.0. The van der Waals surface area contributed by atoms with Gasteiger partial charge in [-0.05, 0) is 25.7 Å². The Hall–Kier alpha value is -2.59. The standard InChI is InChI=1S/C24H39F3N6O6/c25-24(26,27)20-13-29-14-21(33-20)32-17-12-18(34)19(39-15-17)16-38-9-2-1-4-22(35)30-7-3-8-31-23(36)5-10-37-11-6-28/h13-14,17-19,34H,1-12,15-16,28H2,(H,30,35)(H,31,36)(H,32,33)/t17-,18-,19-/m1/s1. The molecule has 39 heavy (non-hydrogen) atoms. The third-order valence-electron chi connectivity index (χ3n) is 5.70. The summed E-state index contributed by atoms with van der Waals surface area (Å²) in [5.41, 5.74) is 4.19. The van der Waals surface area contributed by atoms with E-state index in [0.29, 0.717) is 71.3 Å². The summed E-state index contributed by atoms with van der Waals surface area (Å²) in [7, 11) is 0. The van der Waals surface area contributed by atoms with Crippen LogP contribution in [0.5, 0.6) is 0 Å². The molecule has 1 aromatic rings. The lowest BCUT2D eigenvalue weighted by Crippen LogP contribution is -2.46. The first-order valence-corrected chi connectivity index (χ1v) is 13.0. The van der Waals surface area contributed by atoms with Crippen LogP contribution in [-0.4, -0.2) is 97.8 Å². The minimum absolute atomic E-state index is 0.0450. The number of aliphatic hydroxyl groups is 1. The van der Waals surface area contributed by atoms with Gasteiger partial charge in [0.2, 0.25) is 11.8 Å². The summed E-state index contributed by atoms with van der Waals surface area (Å²) in [5, 5.41) is 18.7. The second-order valence-corrected chi connectivity index (χ2v) is 9.04. The van der Waals surface area contributed by atoms with Gasteiger partial charge in [-0.3, -0.25) is 14.6 Å². The fourth-order valence-electron chi connectivity index (χ4n) is 3.66. The quantitative estimate of drug-likeness (QED) is 0.159. The minimum atomic E-state index is -4.60. The molecule has 0 unspecified atom stereocenters. The number of amides is 2. The van der Waals surface area contributed by atoms with Gasteiger partial charge in [-0.25, -0.2) is 4.98 Å². The van der Waals surface area contributed by atoms with E-state index in [2.05, 4.69) is 25.9 Å². The molecule has 1 saturated heterocycles. The third kappa shape index (κ3) is 13.9. The van der Waals surface area contributed by atoms with Crippen LogP contribution in [0.15, 0.2) is 12.4 Å². The van der Waals surface area contributed by atoms with Gasteiger partial charge in [0.05, 0.1) is 51.0 Å². The van der Waals surface area contributed by atoms with Crippen molar-refractivity contribution in [2.45, 2.75) is 63.0 Å². The van der Waals surface area contributed by atoms with Crippen molar-refractivity contribution in [1.82, 2.24) is 20.6 Å². The van der Waals surface area contributed by atoms with Crippen molar-refractivity contribution in [2.75, 3.05) is 58.0 Å². The monoisotopic (exact) mass is 564 g/mol. The number of nitrogens with one attached hydrogen (secondary N) is 3. The van der Waals surface area contributed by atoms with Crippen LogP contribution in [-0.2, 0) is 30.0 Å². The summed E-state index contributed by atoms with van der Waals surface area (Å²) in [5.74, 6) is -0.228. The number of carbonyl (C=O) groups is 2. The molecule has 1 fully saturated rings. The second-order valence-electron chi connectivity index (χ2n) is 9.04. The summed E-state index contributed by atoms with van der Waals surface area (Å²) >= 11 is 0. The Balaban J connectivity index is 1.47. The zero-order valence-electron chi connectivity index (χ0n) is 21.9. The summed E-state index contributed by atoms with van der Waals surface area (Å²) in [6.45, 7) is 2.82. The van der Waals surface area contributed by atoms with Gasteiger partial charge in [0.1, 0.15) is 11.9 Å². The number of rotatable bonds is 18. The molecule has 2 rings (SSSR count). The molecule has 12 nitrogen and oxygen atoms in total. The van der Waals surface area contributed by atoms with Crippen LogP contribution in [0.4, 0.5) is 19.0 Å². The molecule has 222 valence electrons. The summed E-state index contributed by atoms with van der Waals surface area (Å²) < 4.78 is 54.7. The average molecular weight is 565 g/mol. The molecular weight excluding hydrogens is 525 g/mol. The van der Waals surface area contributed by atoms with Crippen LogP contribution in [0.3, 0.4) is 0 Å². The highest BCUT2D eigenvalue weighted by Crippen LogP contribution is 2.28. The van der Waals surface area contributed by atoms with Gasteiger partial charge >= 0.3 is 6.18 Å². The first-order chi connectivity index (χ1) is 18.7. The lowest BCUT2D eigenvalue weighted by molar-refractivity contribution is -0.141. The van der Waals surface area contributed by atoms with E-state index in [-0.39, 0.29) is 43.7 Å². The summed E-state index contributed by atoms with van der Waals surface area (Å²) in [6.07, 6.45) is -1.42. The molecule has 1 aliphatic heterocycles. The number of anilines is 1. The van der Waals surface area contributed by atoms with Gasteiger partial charge < -0.3 is 41.0 Å². The van der Waals surface area contributed by atoms with Crippen LogP contribution in [0.25, 0.3) is 0 Å². The first kappa shape index (κ1) is 32.6. The van der Waals surface area contributed by atoms with Crippen LogP contribution in [0.2, 0.25) is 0 Å². The molecule has 0 spiro atoms. The van der Waals surface area contributed by atoms with E-state index in [1.165, 1.54) is 6.20 Å². The number of unbranched alkanes of at least 4 members (excludes halogenated alkanes) is 1. The molecule has 0 bridgehead atoms. The van der Waals surface area contributed by atoms with Crippen molar-refractivity contribution in [1.29, 1.82) is 0 Å². The van der Waals surface area contributed by atoms with Crippen molar-refractivity contribution in [2.24, 2.45) is 5.73 Å². The highest BCUT2D eigenvalue weighted by Gasteiger charge is 2.34. The zero-order valence-corrected chi connectivity index (χ0v) is 21.9. The second kappa shape index (κ2) is 17.9. The van der Waals surface area contributed by atoms with Gasteiger partial charge in [0.25, 0.3) is 0 Å². The average Bonchev–Trinajstić information content (AvgIpc) is 2.89. The van der Waals surface area contributed by atoms with E-state index in [4.69, 9.17) is 19.9 Å². The fourth-order valence-corrected chi connectivity index (χ4v) is 3.66. The highest BCUT2D eigenvalue weighted by molar-refractivity contribution is 5.76. The molecule has 0 radical (unpaired) electrons. The first-order valence-electron chi connectivity index (χ1n) is 13.0. The number of nitrogens with two attached hydrogens (primary N) is 1. The normalized spacial score (nSPS) is 19.5. The largest absolute Gasteiger partial charge is 0.434 e. The van der Waals surface area contributed by atoms with Gasteiger partial charge in [-0.1, -0.05) is 0 Å². The zero-order chi connectivity index (χ0) is 28.5. The Morgan fingerprint density at radius 2 is 1.79 bits per heavy atom. The molecule has 2 amide bonds. The van der Waals surface area contributed by atoms with Crippen molar-refractivity contribution < 1.29 is 42.1 Å². The maximum absolute atomic E-state index is 12.8. The maximum Gasteiger partial charge on any atom is 0.434 e. The van der Waals surface area contributed by atoms with Crippen molar-refractivity contribution in [3.05, 3.63) is 18.1 Å². The Morgan fingerprint density at radius 1 is 1.05 bits per heavy atom. The van der Waals surface area contributed by atoms with E-state index >= 15 is 0 Å². The number of aromatic nitrogens is 2. The van der Waals surface area contributed by atoms with E-state index < -0.39 is 30.1 Å². The number of hydrogen-bond acceptors (Lipinski definition) is 10. The Morgan fingerprint density at radius 3 is 2.49 bits per heavy atom. The molecule has 15 heteroatoms. The molecule has 0 aromatic carbocycles. The third-order valence-corrected chi connectivity index (χ3v) is 5.70. The molecular formula is C24H39F3N6O6. The number of nitrogens with zero attached hydrogens (tertiary/aromatic N) is 2. The number of carbonyl (C=O) groups excluding carboxylic acids is 2. The molecule has 2 heterocycles. The smallest absolute Gasteiger partial charge is 0.390 e. The number of hydrogen-bond donors (Lipinski definition) is 5. The molecule has 1 aliphatic rings. The van der Waals surface area contributed by atoms with Crippen molar-refractivity contribution in [3.63, 3.8) is 0 Å². The van der Waals surface area contributed by atoms with Crippen LogP contribution in [0, 0.1) is 0 Å². The number of alkyl halides is 3. The van der Waals surface area contributed by atoms with Crippen LogP contribution < -0.4 is 21.7 Å². The SMILES string of the molecule is NCCOCCC(=O)NCCCNC(=O)CCCCOC[C@H]1OC[C@H](Nc2cncc(C(F)(F)F)n2)C[C@H]1O. The predicted molar refractivity (Wildman–Crippen MR) is 135 cm³/mol. The van der Waals surface area contributed by atoms with Crippen molar-refractivity contribution in [3.8, 4) is 0 Å². The van der Waals surface area contributed by atoms with Crippen LogP contribution in [0.1, 0.15) is 44.2 Å². The molecule has 0 aliphatic carbocycles. The summed E-state index contributed by atoms with van der Waals surface area (Å²) in [4.78, 5) is 30.6. The molecule has 3 atom stereocenters. The Labute approximate surface area is 225 Å². The van der Waals surface area contributed by atoms with E-state index in [1.807, 2.05) is 0 Å². The maximum atomic E-state index is 12.8. The lowest BCUT2D eigenvalue weighted by Gasteiger charge is -2.33. The van der Waals surface area contributed by atoms with E-state index in [0.717, 1.165) is 0 Å². The topological polar surface area (TPSA) is 170 Å². The number of ether oxygens (including phenoxy) is 3. The van der Waals surface area contributed by atoms with E-state index in [9.17, 15) is 27.9 Å². The summed E-state index contributed by atoms with van der Waals surface area (Å²) in [6, 6.07) is -0.426. The fraction of sp³-hybridized carbons (Fsp3) is 0.750. The number of aliphatic hydroxyl groups excluding tert-OH is 1. The molecule has 6 N–H and O–H groups in total. The van der Waals surface area contributed by atoms with Gasteiger partial charge in [0, 0.05) is 39.1 Å². The van der Waals surface area contributed by atoms with Gasteiger partial charge in [0.15, 0.2) is 5.69 Å².